The van der Waals surface area contributed by atoms with E-state index in [9.17, 15) is 4.79 Å². The van der Waals surface area contributed by atoms with Gasteiger partial charge in [-0.25, -0.2) is 0 Å². The number of Topliss-reactive ketones (excluding diaryl/α,β-unsaturated/α-hetero) is 1. The highest BCUT2D eigenvalue weighted by Gasteiger charge is 2.23. The molecular formula is C9H16O. The highest BCUT2D eigenvalue weighted by Crippen LogP contribution is 2.27. The third-order valence-corrected chi connectivity index (χ3v) is 2.62. The maximum Gasteiger partial charge on any atom is 0.135 e. The third-order valence-electron chi connectivity index (χ3n) is 2.62. The first-order valence-corrected chi connectivity index (χ1v) is 4.26. The number of carbonyl (C=O) groups is 1. The van der Waals surface area contributed by atoms with E-state index in [-0.39, 0.29) is 0 Å². The van der Waals surface area contributed by atoms with Crippen molar-refractivity contribution in [2.24, 2.45) is 11.8 Å². The van der Waals surface area contributed by atoms with Gasteiger partial charge in [-0.3, -0.25) is 4.79 Å². The van der Waals surface area contributed by atoms with Crippen LogP contribution in [0.25, 0.3) is 0 Å². The maximum absolute atomic E-state index is 11.2. The van der Waals surface area contributed by atoms with Gasteiger partial charge in [-0.2, -0.15) is 0 Å². The summed E-state index contributed by atoms with van der Waals surface area (Å²) in [5.74, 6) is 1.53. The molecule has 1 fully saturated rings. The summed E-state index contributed by atoms with van der Waals surface area (Å²) < 4.78 is 0. The summed E-state index contributed by atoms with van der Waals surface area (Å²) in [5, 5.41) is 0. The molecule has 0 aromatic rings. The Kier molecular flexibility index (Phi) is 2.47. The molecule has 2 unspecified atom stereocenters. The Labute approximate surface area is 62.8 Å². The summed E-state index contributed by atoms with van der Waals surface area (Å²) in [6.07, 6.45) is 4.41. The molecule has 1 rings (SSSR count). The SMILES string of the molecule is CCC1CCC(C)C(=O)C1. The van der Waals surface area contributed by atoms with Crippen LogP contribution in [-0.4, -0.2) is 5.78 Å². The minimum absolute atomic E-state index is 0.350. The number of carbonyl (C=O) groups excluding carboxylic acids is 1. The summed E-state index contributed by atoms with van der Waals surface area (Å²) in [7, 11) is 0. The molecule has 0 spiro atoms. The molecule has 0 aromatic carbocycles. The average molecular weight is 140 g/mol. The van der Waals surface area contributed by atoms with E-state index in [4.69, 9.17) is 0 Å². The average Bonchev–Trinajstić information content (AvgIpc) is 1.95. The first kappa shape index (κ1) is 7.77. The van der Waals surface area contributed by atoms with Crippen LogP contribution >= 0.6 is 0 Å². The Hall–Kier alpha value is -0.330. The smallest absolute Gasteiger partial charge is 0.135 e. The van der Waals surface area contributed by atoms with Crippen LogP contribution in [0.3, 0.4) is 0 Å². The van der Waals surface area contributed by atoms with Crippen LogP contribution in [0.2, 0.25) is 0 Å². The molecule has 1 heteroatoms. The van der Waals surface area contributed by atoms with Crippen molar-refractivity contribution in [3.8, 4) is 0 Å². The zero-order chi connectivity index (χ0) is 7.56. The first-order chi connectivity index (χ1) is 4.74. The largest absolute Gasteiger partial charge is 0.299 e. The van der Waals surface area contributed by atoms with Crippen LogP contribution in [0.15, 0.2) is 0 Å². The van der Waals surface area contributed by atoms with E-state index < -0.39 is 0 Å². The predicted octanol–water partition coefficient (Wildman–Crippen LogP) is 2.40. The molecule has 0 heterocycles. The lowest BCUT2D eigenvalue weighted by Crippen LogP contribution is -2.22. The van der Waals surface area contributed by atoms with Gasteiger partial charge >= 0.3 is 0 Å². The quantitative estimate of drug-likeness (QED) is 0.546. The van der Waals surface area contributed by atoms with E-state index in [1.807, 2.05) is 6.92 Å². The number of hydrogen-bond acceptors (Lipinski definition) is 1. The summed E-state index contributed by atoms with van der Waals surface area (Å²) in [5.41, 5.74) is 0. The Morgan fingerprint density at radius 3 is 2.70 bits per heavy atom. The van der Waals surface area contributed by atoms with Crippen molar-refractivity contribution in [2.45, 2.75) is 39.5 Å². The molecule has 0 aromatic heterocycles. The highest BCUT2D eigenvalue weighted by molar-refractivity contribution is 5.81. The second-order valence-corrected chi connectivity index (χ2v) is 3.42. The van der Waals surface area contributed by atoms with Gasteiger partial charge in [0.2, 0.25) is 0 Å². The second-order valence-electron chi connectivity index (χ2n) is 3.42. The minimum atomic E-state index is 0.350. The Bertz CT molecular complexity index is 129. The highest BCUT2D eigenvalue weighted by atomic mass is 16.1. The van der Waals surface area contributed by atoms with Crippen molar-refractivity contribution >= 4 is 5.78 Å². The molecule has 58 valence electrons. The molecular weight excluding hydrogens is 124 g/mol. The van der Waals surface area contributed by atoms with Crippen molar-refractivity contribution < 1.29 is 4.79 Å². The fourth-order valence-corrected chi connectivity index (χ4v) is 1.58. The number of rotatable bonds is 1. The summed E-state index contributed by atoms with van der Waals surface area (Å²) >= 11 is 0. The Balaban J connectivity index is 2.41. The molecule has 1 aliphatic rings. The second kappa shape index (κ2) is 3.18. The summed E-state index contributed by atoms with van der Waals surface area (Å²) in [6.45, 7) is 4.22. The van der Waals surface area contributed by atoms with Crippen molar-refractivity contribution in [3.63, 3.8) is 0 Å². The molecule has 1 nitrogen and oxygen atoms in total. The monoisotopic (exact) mass is 140 g/mol. The normalized spacial score (nSPS) is 34.4. The van der Waals surface area contributed by atoms with Crippen LogP contribution in [-0.2, 0) is 4.79 Å². The molecule has 0 aliphatic heterocycles. The zero-order valence-electron chi connectivity index (χ0n) is 6.89. The van der Waals surface area contributed by atoms with Gasteiger partial charge in [0.1, 0.15) is 5.78 Å². The van der Waals surface area contributed by atoms with E-state index in [2.05, 4.69) is 6.92 Å². The van der Waals surface area contributed by atoms with Gasteiger partial charge in [0, 0.05) is 12.3 Å². The molecule has 0 radical (unpaired) electrons. The van der Waals surface area contributed by atoms with Crippen LogP contribution in [0, 0.1) is 11.8 Å². The topological polar surface area (TPSA) is 17.1 Å². The van der Waals surface area contributed by atoms with Gasteiger partial charge in [0.05, 0.1) is 0 Å². The van der Waals surface area contributed by atoms with E-state index >= 15 is 0 Å². The van der Waals surface area contributed by atoms with E-state index in [1.54, 1.807) is 0 Å². The van der Waals surface area contributed by atoms with Crippen LogP contribution < -0.4 is 0 Å². The molecule has 1 saturated carbocycles. The van der Waals surface area contributed by atoms with Crippen molar-refractivity contribution in [2.75, 3.05) is 0 Å². The lowest BCUT2D eigenvalue weighted by atomic mass is 9.81. The predicted molar refractivity (Wildman–Crippen MR) is 41.8 cm³/mol. The van der Waals surface area contributed by atoms with E-state index in [1.165, 1.54) is 12.8 Å². The fourth-order valence-electron chi connectivity index (χ4n) is 1.58. The molecule has 10 heavy (non-hydrogen) atoms. The van der Waals surface area contributed by atoms with Gasteiger partial charge < -0.3 is 0 Å². The molecule has 0 amide bonds. The molecule has 0 saturated heterocycles. The third kappa shape index (κ3) is 1.59. The zero-order valence-corrected chi connectivity index (χ0v) is 6.89. The van der Waals surface area contributed by atoms with Gasteiger partial charge in [0.25, 0.3) is 0 Å². The maximum atomic E-state index is 11.2. The van der Waals surface area contributed by atoms with Crippen molar-refractivity contribution in [3.05, 3.63) is 0 Å². The van der Waals surface area contributed by atoms with Crippen LogP contribution in [0.5, 0.6) is 0 Å². The number of hydrogen-bond donors (Lipinski definition) is 0. The van der Waals surface area contributed by atoms with Gasteiger partial charge in [-0.1, -0.05) is 20.3 Å². The Morgan fingerprint density at radius 2 is 2.20 bits per heavy atom. The van der Waals surface area contributed by atoms with E-state index in [0.29, 0.717) is 17.6 Å². The number of ketones is 1. The summed E-state index contributed by atoms with van der Waals surface area (Å²) in [4.78, 5) is 11.2. The van der Waals surface area contributed by atoms with Crippen molar-refractivity contribution in [1.29, 1.82) is 0 Å². The summed E-state index contributed by atoms with van der Waals surface area (Å²) in [6, 6.07) is 0. The van der Waals surface area contributed by atoms with Crippen LogP contribution in [0.4, 0.5) is 0 Å². The minimum Gasteiger partial charge on any atom is -0.299 e. The lowest BCUT2D eigenvalue weighted by Gasteiger charge is -2.23. The van der Waals surface area contributed by atoms with E-state index in [0.717, 1.165) is 12.8 Å². The molecule has 0 bridgehead atoms. The van der Waals surface area contributed by atoms with Gasteiger partial charge in [0.15, 0.2) is 0 Å². The molecule has 0 N–H and O–H groups in total. The standard InChI is InChI=1S/C9H16O/c1-3-8-5-4-7(2)9(10)6-8/h7-8H,3-6H2,1-2H3. The first-order valence-electron chi connectivity index (χ1n) is 4.26. The fraction of sp³-hybridized carbons (Fsp3) is 0.889. The van der Waals surface area contributed by atoms with Gasteiger partial charge in [-0.15, -0.1) is 0 Å². The lowest BCUT2D eigenvalue weighted by molar-refractivity contribution is -0.125. The Morgan fingerprint density at radius 1 is 1.50 bits per heavy atom. The van der Waals surface area contributed by atoms with Gasteiger partial charge in [-0.05, 0) is 18.8 Å². The van der Waals surface area contributed by atoms with Crippen LogP contribution in [0.1, 0.15) is 39.5 Å². The molecule has 1 aliphatic carbocycles. The van der Waals surface area contributed by atoms with Crippen molar-refractivity contribution in [1.82, 2.24) is 0 Å². The molecule has 2 atom stereocenters.